The monoisotopic (exact) mass is 901 g/mol. The quantitative estimate of drug-likeness (QED) is 0.154. The van der Waals surface area contributed by atoms with Crippen LogP contribution in [-0.2, 0) is 0 Å². The van der Waals surface area contributed by atoms with E-state index in [1.807, 2.05) is 42.7 Å². The summed E-state index contributed by atoms with van der Waals surface area (Å²) in [7, 11) is 0. The summed E-state index contributed by atoms with van der Waals surface area (Å²) in [6.45, 7) is 0. The van der Waals surface area contributed by atoms with Gasteiger partial charge in [-0.15, -0.1) is 11.3 Å². The zero-order valence-electron chi connectivity index (χ0n) is 36.7. The Kier molecular flexibility index (Phi) is 8.10. The SMILES string of the molecule is c1ccc2cc3cc(N(c4ccc5c(c4)oc4ccccc45)c4cnc5c(c4)sc4nc(N(c6ccc7cc8ccccc8cc7c6)c6ccc7c(c6)oc6ccccc67)ncc45)ccc3cc2c1. The van der Waals surface area contributed by atoms with E-state index in [9.17, 15) is 0 Å². The molecule has 0 N–H and O–H groups in total. The van der Waals surface area contributed by atoms with Gasteiger partial charge in [0.1, 0.15) is 27.2 Å². The van der Waals surface area contributed by atoms with Gasteiger partial charge in [-0.05, 0) is 134 Å². The number of benzene rings is 10. The van der Waals surface area contributed by atoms with Crippen molar-refractivity contribution in [1.82, 2.24) is 15.0 Å². The molecule has 0 atom stereocenters. The molecule has 15 rings (SSSR count). The maximum absolute atomic E-state index is 6.45. The first-order valence-electron chi connectivity index (χ1n) is 23.0. The summed E-state index contributed by atoms with van der Waals surface area (Å²) >= 11 is 1.62. The number of para-hydroxylation sites is 2. The molecular weight excluding hydrogens is 867 g/mol. The number of hydrogen-bond acceptors (Lipinski definition) is 8. The van der Waals surface area contributed by atoms with Crippen LogP contribution < -0.4 is 9.80 Å². The third-order valence-corrected chi connectivity index (χ3v) is 14.7. The predicted octanol–water partition coefficient (Wildman–Crippen LogP) is 17.6. The van der Waals surface area contributed by atoms with Crippen molar-refractivity contribution >= 4 is 153 Å². The van der Waals surface area contributed by atoms with Crippen molar-refractivity contribution in [3.8, 4) is 0 Å². The predicted molar refractivity (Wildman–Crippen MR) is 287 cm³/mol. The van der Waals surface area contributed by atoms with Gasteiger partial charge in [0.15, 0.2) is 0 Å². The van der Waals surface area contributed by atoms with Gasteiger partial charge in [0, 0.05) is 56.9 Å². The molecular formula is C61H35N5O2S. The standard InChI is InChI=1S/C61H35N5O2S/c1-3-11-38-27-42-29-44(19-17-40(42)25-36(38)9-1)65(46-21-23-51-49-13-5-7-15-54(49)67-56(51)31-46)48-33-58-59(62-34-48)53-35-63-61(64-60(53)69-58)66(47-22-24-52-50-14-6-8-16-55(50)68-57(52)32-47)45-20-18-41-26-37-10-2-4-12-39(37)28-43(41)30-45/h1-35H. The largest absolute Gasteiger partial charge is 0.456 e. The Balaban J connectivity index is 0.887. The minimum absolute atomic E-state index is 0.550. The smallest absolute Gasteiger partial charge is 0.235 e. The van der Waals surface area contributed by atoms with Crippen LogP contribution in [0.25, 0.3) is 107 Å². The van der Waals surface area contributed by atoms with Gasteiger partial charge < -0.3 is 13.7 Å². The van der Waals surface area contributed by atoms with Gasteiger partial charge in [-0.25, -0.2) is 9.97 Å². The fourth-order valence-electron chi connectivity index (χ4n) is 10.3. The summed E-state index contributed by atoms with van der Waals surface area (Å²) in [5.41, 5.74) is 8.93. The Morgan fingerprint density at radius 2 is 0.797 bits per heavy atom. The average molecular weight is 902 g/mol. The first-order valence-corrected chi connectivity index (χ1v) is 23.8. The van der Waals surface area contributed by atoms with Crippen LogP contribution in [0.4, 0.5) is 34.4 Å². The number of rotatable bonds is 6. The highest BCUT2D eigenvalue weighted by Crippen LogP contribution is 2.44. The first kappa shape index (κ1) is 38.0. The number of anilines is 6. The van der Waals surface area contributed by atoms with Gasteiger partial charge in [0.05, 0.1) is 33.2 Å². The molecule has 10 aromatic carbocycles. The Morgan fingerprint density at radius 1 is 0.333 bits per heavy atom. The Labute approximate surface area is 397 Å². The highest BCUT2D eigenvalue weighted by molar-refractivity contribution is 7.25. The van der Waals surface area contributed by atoms with Gasteiger partial charge in [0.25, 0.3) is 0 Å². The molecule has 0 saturated heterocycles. The van der Waals surface area contributed by atoms with E-state index in [0.717, 1.165) is 109 Å². The van der Waals surface area contributed by atoms with E-state index in [2.05, 4.69) is 180 Å². The second-order valence-corrected chi connectivity index (χ2v) is 18.8. The van der Waals surface area contributed by atoms with Crippen LogP contribution >= 0.6 is 11.3 Å². The molecule has 15 aromatic rings. The number of pyridine rings is 1. The second-order valence-electron chi connectivity index (χ2n) is 17.7. The highest BCUT2D eigenvalue weighted by Gasteiger charge is 2.22. The molecule has 0 unspecified atom stereocenters. The van der Waals surface area contributed by atoms with Crippen LogP contribution in [-0.4, -0.2) is 15.0 Å². The molecule has 5 heterocycles. The summed E-state index contributed by atoms with van der Waals surface area (Å²) in [4.78, 5) is 20.9. The van der Waals surface area contributed by atoms with Gasteiger partial charge in [-0.3, -0.25) is 9.88 Å². The fraction of sp³-hybridized carbons (Fsp3) is 0. The molecule has 0 radical (unpaired) electrons. The zero-order valence-corrected chi connectivity index (χ0v) is 37.5. The van der Waals surface area contributed by atoms with Crippen LogP contribution in [0.1, 0.15) is 0 Å². The van der Waals surface area contributed by atoms with E-state index in [1.165, 1.54) is 26.9 Å². The van der Waals surface area contributed by atoms with Gasteiger partial charge in [-0.2, -0.15) is 0 Å². The van der Waals surface area contributed by atoms with Crippen molar-refractivity contribution in [3.63, 3.8) is 0 Å². The van der Waals surface area contributed by atoms with E-state index in [4.69, 9.17) is 23.8 Å². The van der Waals surface area contributed by atoms with Gasteiger partial charge >= 0.3 is 0 Å². The second kappa shape index (κ2) is 14.7. The fourth-order valence-corrected chi connectivity index (χ4v) is 11.3. The number of aromatic nitrogens is 3. The lowest BCUT2D eigenvalue weighted by atomic mass is 10.0. The van der Waals surface area contributed by atoms with E-state index in [-0.39, 0.29) is 0 Å². The topological polar surface area (TPSA) is 71.4 Å². The van der Waals surface area contributed by atoms with Crippen molar-refractivity contribution in [2.45, 2.75) is 0 Å². The molecule has 5 aromatic heterocycles. The third-order valence-electron chi connectivity index (χ3n) is 13.6. The van der Waals surface area contributed by atoms with Crippen molar-refractivity contribution in [2.75, 3.05) is 9.80 Å². The molecule has 69 heavy (non-hydrogen) atoms. The lowest BCUT2D eigenvalue weighted by Gasteiger charge is -2.25. The normalized spacial score (nSPS) is 12.1. The van der Waals surface area contributed by atoms with Gasteiger partial charge in [-0.1, -0.05) is 97.1 Å². The summed E-state index contributed by atoms with van der Waals surface area (Å²) < 4.78 is 13.9. The molecule has 0 amide bonds. The summed E-state index contributed by atoms with van der Waals surface area (Å²) in [5.74, 6) is 0.550. The van der Waals surface area contributed by atoms with E-state index < -0.39 is 0 Å². The molecule has 0 saturated carbocycles. The molecule has 0 aliphatic rings. The maximum atomic E-state index is 6.45. The van der Waals surface area contributed by atoms with Crippen LogP contribution in [0.5, 0.6) is 0 Å². The molecule has 322 valence electrons. The van der Waals surface area contributed by atoms with E-state index >= 15 is 0 Å². The van der Waals surface area contributed by atoms with Gasteiger partial charge in [0.2, 0.25) is 5.95 Å². The first-order chi connectivity index (χ1) is 34.1. The van der Waals surface area contributed by atoms with Crippen molar-refractivity contribution in [1.29, 1.82) is 0 Å². The summed E-state index contributed by atoms with van der Waals surface area (Å²) in [6.07, 6.45) is 3.88. The number of nitrogens with zero attached hydrogens (tertiary/aromatic N) is 5. The van der Waals surface area contributed by atoms with E-state index in [0.29, 0.717) is 5.95 Å². The number of hydrogen-bond donors (Lipinski definition) is 0. The van der Waals surface area contributed by atoms with Crippen molar-refractivity contribution in [2.24, 2.45) is 0 Å². The molecule has 0 bridgehead atoms. The Morgan fingerprint density at radius 3 is 1.39 bits per heavy atom. The zero-order chi connectivity index (χ0) is 45.2. The molecule has 0 aliphatic carbocycles. The van der Waals surface area contributed by atoms with Crippen LogP contribution in [0.15, 0.2) is 221 Å². The Hall–Kier alpha value is -9.11. The maximum Gasteiger partial charge on any atom is 0.235 e. The molecule has 0 spiro atoms. The number of thiophene rings is 1. The molecule has 7 nitrogen and oxygen atoms in total. The number of furan rings is 2. The molecule has 0 aliphatic heterocycles. The summed E-state index contributed by atoms with van der Waals surface area (Å²) in [5, 5.41) is 14.7. The van der Waals surface area contributed by atoms with Crippen LogP contribution in [0.2, 0.25) is 0 Å². The van der Waals surface area contributed by atoms with Crippen LogP contribution in [0.3, 0.4) is 0 Å². The highest BCUT2D eigenvalue weighted by atomic mass is 32.1. The molecule has 8 heteroatoms. The van der Waals surface area contributed by atoms with Crippen LogP contribution in [0, 0.1) is 0 Å². The van der Waals surface area contributed by atoms with Crippen molar-refractivity contribution in [3.05, 3.63) is 213 Å². The van der Waals surface area contributed by atoms with E-state index in [1.54, 1.807) is 11.3 Å². The minimum atomic E-state index is 0.550. The third kappa shape index (κ3) is 6.09. The summed E-state index contributed by atoms with van der Waals surface area (Å²) in [6, 6.07) is 70.7. The molecule has 0 fully saturated rings. The minimum Gasteiger partial charge on any atom is -0.456 e. The lowest BCUT2D eigenvalue weighted by Crippen LogP contribution is -2.13. The number of fused-ring (bicyclic) bond motifs is 13. The van der Waals surface area contributed by atoms with Crippen molar-refractivity contribution < 1.29 is 8.83 Å². The Bertz CT molecular complexity index is 4320. The lowest BCUT2D eigenvalue weighted by molar-refractivity contribution is 0.668. The average Bonchev–Trinajstić information content (AvgIpc) is 4.08.